The van der Waals surface area contributed by atoms with Crippen molar-refractivity contribution >= 4 is 0 Å². The van der Waals surface area contributed by atoms with Crippen molar-refractivity contribution < 1.29 is 5.11 Å². The number of imidazole rings is 1. The zero-order chi connectivity index (χ0) is 10.6. The molecule has 0 aliphatic heterocycles. The van der Waals surface area contributed by atoms with E-state index in [1.54, 1.807) is 0 Å². The van der Waals surface area contributed by atoms with Gasteiger partial charge >= 0.3 is 0 Å². The predicted molar refractivity (Wildman–Crippen MR) is 55.9 cm³/mol. The number of nitrogens with one attached hydrogen (secondary N) is 2. The number of rotatable bonds is 5. The Morgan fingerprint density at radius 1 is 1.64 bits per heavy atom. The van der Waals surface area contributed by atoms with Crippen LogP contribution < -0.4 is 5.32 Å². The molecular formula is C10H19N3O. The Bertz CT molecular complexity index is 279. The number of aliphatic hydroxyl groups excluding tert-OH is 1. The van der Waals surface area contributed by atoms with E-state index in [1.165, 1.54) is 0 Å². The zero-order valence-corrected chi connectivity index (χ0v) is 9.09. The molecule has 1 heterocycles. The van der Waals surface area contributed by atoms with Crippen molar-refractivity contribution in [2.75, 3.05) is 6.61 Å². The summed E-state index contributed by atoms with van der Waals surface area (Å²) >= 11 is 0. The number of hydrogen-bond acceptors (Lipinski definition) is 3. The second-order valence-corrected chi connectivity index (χ2v) is 3.92. The first-order chi connectivity index (χ1) is 6.59. The van der Waals surface area contributed by atoms with Gasteiger partial charge < -0.3 is 15.4 Å². The van der Waals surface area contributed by atoms with Gasteiger partial charge in [-0.05, 0) is 20.3 Å². The standard InChI is InChI=1S/C10H19N3O/c1-4-10(3,7-14)12-6-9-5-11-8(2)13-9/h5,12,14H,4,6-7H2,1-3H3,(H,11,13). The van der Waals surface area contributed by atoms with Crippen LogP contribution in [0, 0.1) is 6.92 Å². The molecule has 1 aromatic rings. The number of nitrogens with zero attached hydrogens (tertiary/aromatic N) is 1. The van der Waals surface area contributed by atoms with E-state index in [1.807, 2.05) is 20.0 Å². The topological polar surface area (TPSA) is 60.9 Å². The van der Waals surface area contributed by atoms with E-state index in [0.717, 1.165) is 17.9 Å². The van der Waals surface area contributed by atoms with Gasteiger partial charge in [0, 0.05) is 24.0 Å². The molecule has 0 saturated carbocycles. The van der Waals surface area contributed by atoms with Gasteiger partial charge in [0.05, 0.1) is 6.61 Å². The highest BCUT2D eigenvalue weighted by Gasteiger charge is 2.19. The molecule has 14 heavy (non-hydrogen) atoms. The smallest absolute Gasteiger partial charge is 0.103 e. The van der Waals surface area contributed by atoms with Crippen LogP contribution in [0.3, 0.4) is 0 Å². The Kier molecular flexibility index (Phi) is 3.66. The zero-order valence-electron chi connectivity index (χ0n) is 9.09. The summed E-state index contributed by atoms with van der Waals surface area (Å²) in [7, 11) is 0. The van der Waals surface area contributed by atoms with E-state index >= 15 is 0 Å². The molecule has 80 valence electrons. The largest absolute Gasteiger partial charge is 0.394 e. The minimum absolute atomic E-state index is 0.149. The number of aromatic nitrogens is 2. The van der Waals surface area contributed by atoms with Gasteiger partial charge in [-0.1, -0.05) is 6.92 Å². The second kappa shape index (κ2) is 4.57. The van der Waals surface area contributed by atoms with Crippen LogP contribution in [0.1, 0.15) is 31.8 Å². The van der Waals surface area contributed by atoms with Crippen LogP contribution in [-0.4, -0.2) is 27.2 Å². The van der Waals surface area contributed by atoms with E-state index in [0.29, 0.717) is 6.54 Å². The van der Waals surface area contributed by atoms with Gasteiger partial charge in [-0.2, -0.15) is 0 Å². The number of aryl methyl sites for hydroxylation is 1. The number of H-pyrrole nitrogens is 1. The minimum atomic E-state index is -0.195. The van der Waals surface area contributed by atoms with E-state index in [2.05, 4.69) is 22.2 Å². The monoisotopic (exact) mass is 197 g/mol. The fourth-order valence-corrected chi connectivity index (χ4v) is 1.16. The van der Waals surface area contributed by atoms with Gasteiger partial charge in [-0.15, -0.1) is 0 Å². The lowest BCUT2D eigenvalue weighted by Gasteiger charge is -2.26. The average Bonchev–Trinajstić information content (AvgIpc) is 2.61. The first-order valence-corrected chi connectivity index (χ1v) is 4.96. The predicted octanol–water partition coefficient (Wildman–Crippen LogP) is 0.969. The van der Waals surface area contributed by atoms with Crippen molar-refractivity contribution in [1.29, 1.82) is 0 Å². The third-order valence-electron chi connectivity index (χ3n) is 2.59. The van der Waals surface area contributed by atoms with E-state index in [9.17, 15) is 5.11 Å². The van der Waals surface area contributed by atoms with Crippen LogP contribution in [0.4, 0.5) is 0 Å². The summed E-state index contributed by atoms with van der Waals surface area (Å²) in [5.74, 6) is 0.920. The highest BCUT2D eigenvalue weighted by Crippen LogP contribution is 2.08. The van der Waals surface area contributed by atoms with Gasteiger partial charge in [0.1, 0.15) is 5.82 Å². The fraction of sp³-hybridized carbons (Fsp3) is 0.700. The van der Waals surface area contributed by atoms with Crippen LogP contribution in [0.15, 0.2) is 6.20 Å². The Labute approximate surface area is 84.8 Å². The fourth-order valence-electron chi connectivity index (χ4n) is 1.16. The number of aromatic amines is 1. The Morgan fingerprint density at radius 3 is 2.79 bits per heavy atom. The van der Waals surface area contributed by atoms with E-state index in [-0.39, 0.29) is 12.1 Å². The van der Waals surface area contributed by atoms with Crippen LogP contribution in [0.5, 0.6) is 0 Å². The Hall–Kier alpha value is -0.870. The molecule has 0 spiro atoms. The SMILES string of the molecule is CCC(C)(CO)NCc1cnc(C)[nH]1. The molecule has 4 heteroatoms. The van der Waals surface area contributed by atoms with Gasteiger partial charge in [0.25, 0.3) is 0 Å². The van der Waals surface area contributed by atoms with Crippen molar-refractivity contribution in [3.63, 3.8) is 0 Å². The molecule has 0 aliphatic rings. The van der Waals surface area contributed by atoms with Gasteiger partial charge in [-0.25, -0.2) is 4.98 Å². The molecule has 1 aromatic heterocycles. The third kappa shape index (κ3) is 2.82. The quantitative estimate of drug-likeness (QED) is 0.659. The van der Waals surface area contributed by atoms with Crippen LogP contribution in [0.25, 0.3) is 0 Å². The summed E-state index contributed by atoms with van der Waals surface area (Å²) in [5.41, 5.74) is 0.856. The second-order valence-electron chi connectivity index (χ2n) is 3.92. The molecule has 0 radical (unpaired) electrons. The molecular weight excluding hydrogens is 178 g/mol. The van der Waals surface area contributed by atoms with Gasteiger partial charge in [0.2, 0.25) is 0 Å². The highest BCUT2D eigenvalue weighted by molar-refractivity contribution is 5.00. The third-order valence-corrected chi connectivity index (χ3v) is 2.59. The maximum absolute atomic E-state index is 9.18. The van der Waals surface area contributed by atoms with E-state index in [4.69, 9.17) is 0 Å². The van der Waals surface area contributed by atoms with Crippen molar-refractivity contribution in [2.24, 2.45) is 0 Å². The molecule has 1 rings (SSSR count). The maximum Gasteiger partial charge on any atom is 0.103 e. The van der Waals surface area contributed by atoms with Crippen LogP contribution in [-0.2, 0) is 6.54 Å². The molecule has 0 amide bonds. The molecule has 0 saturated heterocycles. The molecule has 1 atom stereocenters. The summed E-state index contributed by atoms with van der Waals surface area (Å²) in [4.78, 5) is 7.25. The van der Waals surface area contributed by atoms with Crippen LogP contribution in [0.2, 0.25) is 0 Å². The Morgan fingerprint density at radius 2 is 2.36 bits per heavy atom. The Balaban J connectivity index is 2.47. The lowest BCUT2D eigenvalue weighted by molar-refractivity contribution is 0.168. The summed E-state index contributed by atoms with van der Waals surface area (Å²) in [6, 6.07) is 0. The normalized spacial score (nSPS) is 15.4. The van der Waals surface area contributed by atoms with Gasteiger partial charge in [0.15, 0.2) is 0 Å². The van der Waals surface area contributed by atoms with Crippen molar-refractivity contribution in [1.82, 2.24) is 15.3 Å². The molecule has 3 N–H and O–H groups in total. The van der Waals surface area contributed by atoms with Crippen molar-refractivity contribution in [3.05, 3.63) is 17.7 Å². The molecule has 1 unspecified atom stereocenters. The average molecular weight is 197 g/mol. The van der Waals surface area contributed by atoms with E-state index < -0.39 is 0 Å². The lowest BCUT2D eigenvalue weighted by Crippen LogP contribution is -2.44. The molecule has 0 aliphatic carbocycles. The first kappa shape index (κ1) is 11.2. The molecule has 4 nitrogen and oxygen atoms in total. The molecule has 0 bridgehead atoms. The number of hydrogen-bond donors (Lipinski definition) is 3. The summed E-state index contributed by atoms with van der Waals surface area (Å²) < 4.78 is 0. The molecule has 0 aromatic carbocycles. The lowest BCUT2D eigenvalue weighted by atomic mass is 10.0. The van der Waals surface area contributed by atoms with Gasteiger partial charge in [-0.3, -0.25) is 0 Å². The van der Waals surface area contributed by atoms with Crippen molar-refractivity contribution in [2.45, 2.75) is 39.3 Å². The minimum Gasteiger partial charge on any atom is -0.394 e. The highest BCUT2D eigenvalue weighted by atomic mass is 16.3. The maximum atomic E-state index is 9.18. The van der Waals surface area contributed by atoms with Crippen molar-refractivity contribution in [3.8, 4) is 0 Å². The first-order valence-electron chi connectivity index (χ1n) is 4.96. The van der Waals surface area contributed by atoms with Crippen LogP contribution >= 0.6 is 0 Å². The number of aliphatic hydroxyl groups is 1. The summed E-state index contributed by atoms with van der Waals surface area (Å²) in [5, 5.41) is 12.5. The summed E-state index contributed by atoms with van der Waals surface area (Å²) in [6.07, 6.45) is 2.71. The molecule has 0 fully saturated rings. The summed E-state index contributed by atoms with van der Waals surface area (Å²) in [6.45, 7) is 6.86.